The summed E-state index contributed by atoms with van der Waals surface area (Å²) in [6.45, 7) is -0.659. The minimum Gasteiger partial charge on any atom is -0.508 e. The Bertz CT molecular complexity index is 1800. The fraction of sp³-hybridized carbons (Fsp3) is 0.206. The Morgan fingerprint density at radius 2 is 1.21 bits per heavy atom. The summed E-state index contributed by atoms with van der Waals surface area (Å²) >= 11 is 0. The van der Waals surface area contributed by atoms with Gasteiger partial charge in [0.15, 0.2) is 6.10 Å². The average Bonchev–Trinajstić information content (AvgIpc) is 3.07. The molecule has 0 amide bonds. The van der Waals surface area contributed by atoms with Gasteiger partial charge in [-0.15, -0.1) is 0 Å². The molecule has 1 fully saturated rings. The second-order valence-corrected chi connectivity index (χ2v) is 10.7. The number of ketones is 1. The van der Waals surface area contributed by atoms with Crippen LogP contribution in [0.5, 0.6) is 34.5 Å². The Kier molecular flexibility index (Phi) is 9.70. The largest absolute Gasteiger partial charge is 0.508 e. The van der Waals surface area contributed by atoms with Crippen molar-refractivity contribution in [2.24, 2.45) is 0 Å². The molecule has 5 rings (SSSR count). The molecule has 5 atom stereocenters. The minimum atomic E-state index is -1.95. The zero-order valence-electron chi connectivity index (χ0n) is 25.1. The van der Waals surface area contributed by atoms with Gasteiger partial charge in [-0.25, -0.2) is 9.59 Å². The van der Waals surface area contributed by atoms with Crippen LogP contribution in [0.25, 0.3) is 0 Å². The van der Waals surface area contributed by atoms with Gasteiger partial charge in [-0.05, 0) is 72.8 Å². The Morgan fingerprint density at radius 3 is 1.73 bits per heavy atom. The van der Waals surface area contributed by atoms with Gasteiger partial charge in [0.2, 0.25) is 5.78 Å². The van der Waals surface area contributed by atoms with E-state index in [1.54, 1.807) is 0 Å². The van der Waals surface area contributed by atoms with Crippen LogP contribution in [0.4, 0.5) is 0 Å². The van der Waals surface area contributed by atoms with E-state index in [1.807, 2.05) is 0 Å². The molecule has 4 aromatic rings. The van der Waals surface area contributed by atoms with E-state index < -0.39 is 71.9 Å². The Hall–Kier alpha value is -5.83. The topological polar surface area (TPSA) is 230 Å². The van der Waals surface area contributed by atoms with E-state index in [0.717, 1.165) is 6.07 Å². The van der Waals surface area contributed by atoms with E-state index >= 15 is 0 Å². The monoisotopic (exact) mass is 662 g/mol. The summed E-state index contributed by atoms with van der Waals surface area (Å²) in [5.74, 6) is -5.04. The third-order valence-corrected chi connectivity index (χ3v) is 7.66. The van der Waals surface area contributed by atoms with E-state index in [-0.39, 0.29) is 45.3 Å². The second kappa shape index (κ2) is 13.9. The quantitative estimate of drug-likeness (QED) is 0.101. The number of aromatic hydroxyl groups is 5. The summed E-state index contributed by atoms with van der Waals surface area (Å²) in [5.41, 5.74) is -1.06. The van der Waals surface area contributed by atoms with E-state index in [0.29, 0.717) is 0 Å². The van der Waals surface area contributed by atoms with Gasteiger partial charge in [-0.1, -0.05) is 0 Å². The van der Waals surface area contributed by atoms with E-state index in [2.05, 4.69) is 0 Å². The third kappa shape index (κ3) is 6.80. The lowest BCUT2D eigenvalue weighted by atomic mass is 9.88. The van der Waals surface area contributed by atoms with E-state index in [9.17, 15) is 50.1 Å². The van der Waals surface area contributed by atoms with Gasteiger partial charge in [0, 0.05) is 11.6 Å². The van der Waals surface area contributed by atoms with Crippen LogP contribution in [0.3, 0.4) is 0 Å². The molecular weight excluding hydrogens is 632 g/mol. The average molecular weight is 663 g/mol. The highest BCUT2D eigenvalue weighted by atomic mass is 16.6. The van der Waals surface area contributed by atoms with Crippen molar-refractivity contribution in [3.8, 4) is 34.5 Å². The molecule has 1 aliphatic rings. The molecule has 0 radical (unpaired) electrons. The van der Waals surface area contributed by atoms with Crippen molar-refractivity contribution in [1.29, 1.82) is 0 Å². The summed E-state index contributed by atoms with van der Waals surface area (Å²) in [7, 11) is 1.17. The van der Waals surface area contributed by atoms with Crippen molar-refractivity contribution in [2.75, 3.05) is 13.7 Å². The summed E-state index contributed by atoms with van der Waals surface area (Å²) in [5, 5.41) is 73.4. The molecule has 0 spiro atoms. The van der Waals surface area contributed by atoms with Crippen LogP contribution in [0.15, 0.2) is 78.9 Å². The molecule has 14 heteroatoms. The molecule has 0 aliphatic carbocycles. The molecule has 7 N–H and O–H groups in total. The number of rotatable bonds is 9. The van der Waals surface area contributed by atoms with Crippen molar-refractivity contribution in [2.45, 2.75) is 30.5 Å². The first-order valence-electron chi connectivity index (χ1n) is 14.3. The zero-order chi connectivity index (χ0) is 34.7. The zero-order valence-corrected chi connectivity index (χ0v) is 25.1. The summed E-state index contributed by atoms with van der Waals surface area (Å²) < 4.78 is 22.3. The van der Waals surface area contributed by atoms with Gasteiger partial charge < -0.3 is 54.7 Å². The first-order valence-corrected chi connectivity index (χ1v) is 14.3. The fourth-order valence-corrected chi connectivity index (χ4v) is 5.14. The lowest BCUT2D eigenvalue weighted by molar-refractivity contribution is -0.232. The Morgan fingerprint density at radius 1 is 0.708 bits per heavy atom. The molecule has 48 heavy (non-hydrogen) atoms. The number of aliphatic hydroxyl groups excluding tert-OH is 2. The van der Waals surface area contributed by atoms with E-state index in [4.69, 9.17) is 18.9 Å². The number of methoxy groups -OCH3 is 1. The van der Waals surface area contributed by atoms with Crippen LogP contribution >= 0.6 is 0 Å². The fourth-order valence-electron chi connectivity index (χ4n) is 5.14. The van der Waals surface area contributed by atoms with Crippen LogP contribution in [0.1, 0.15) is 48.3 Å². The van der Waals surface area contributed by atoms with Crippen LogP contribution in [-0.2, 0) is 14.2 Å². The maximum atomic E-state index is 13.5. The molecular formula is C34H30O14. The minimum absolute atomic E-state index is 0.0381. The summed E-state index contributed by atoms with van der Waals surface area (Å²) in [4.78, 5) is 39.3. The number of phenols is 5. The van der Waals surface area contributed by atoms with Crippen molar-refractivity contribution in [3.63, 3.8) is 0 Å². The van der Waals surface area contributed by atoms with Crippen molar-refractivity contribution >= 4 is 17.7 Å². The maximum absolute atomic E-state index is 13.5. The first kappa shape index (κ1) is 33.5. The number of hydrogen-bond acceptors (Lipinski definition) is 14. The van der Waals surface area contributed by atoms with Crippen LogP contribution in [0, 0.1) is 0 Å². The molecule has 1 heterocycles. The van der Waals surface area contributed by atoms with Crippen molar-refractivity contribution in [1.82, 2.24) is 0 Å². The van der Waals surface area contributed by atoms with E-state index in [1.165, 1.54) is 79.9 Å². The SMILES string of the molecule is COc1cc(O)c(C(=O)c2ccc(O)cc2)c(O)c1[C@@H]1O[C@H](COC(=O)c2ccc(O)cc2)[C@@H](O)[C@H](O)[C@H]1OC(=O)c1ccc(O)cc1. The Balaban J connectivity index is 1.55. The summed E-state index contributed by atoms with van der Waals surface area (Å²) in [6, 6.07) is 15.9. The lowest BCUT2D eigenvalue weighted by Gasteiger charge is -2.42. The number of esters is 2. The summed E-state index contributed by atoms with van der Waals surface area (Å²) in [6.07, 6.45) is -8.81. The normalized spacial score (nSPS) is 20.4. The molecule has 1 aliphatic heterocycles. The number of carbonyl (C=O) groups is 3. The highest BCUT2D eigenvalue weighted by Crippen LogP contribution is 2.48. The molecule has 0 unspecified atom stereocenters. The van der Waals surface area contributed by atoms with Crippen molar-refractivity contribution in [3.05, 3.63) is 107 Å². The van der Waals surface area contributed by atoms with Crippen LogP contribution in [-0.4, -0.2) is 91.6 Å². The predicted octanol–water partition coefficient (Wildman–Crippen LogP) is 2.70. The maximum Gasteiger partial charge on any atom is 0.338 e. The van der Waals surface area contributed by atoms with Crippen molar-refractivity contribution < 1.29 is 69.1 Å². The molecule has 250 valence electrons. The number of phenolic OH excluding ortho intramolecular Hbond substituents is 5. The van der Waals surface area contributed by atoms with Gasteiger partial charge in [-0.2, -0.15) is 0 Å². The first-order chi connectivity index (χ1) is 22.9. The van der Waals surface area contributed by atoms with Gasteiger partial charge in [0.1, 0.15) is 71.1 Å². The Labute approximate surface area is 272 Å². The molecule has 0 saturated carbocycles. The number of hydrogen-bond donors (Lipinski definition) is 7. The highest BCUT2D eigenvalue weighted by Gasteiger charge is 2.50. The number of ether oxygens (including phenoxy) is 4. The highest BCUT2D eigenvalue weighted by molar-refractivity contribution is 6.13. The van der Waals surface area contributed by atoms with Gasteiger partial charge >= 0.3 is 11.9 Å². The molecule has 1 saturated heterocycles. The van der Waals surface area contributed by atoms with Crippen LogP contribution < -0.4 is 4.74 Å². The molecule has 0 bridgehead atoms. The van der Waals surface area contributed by atoms with Gasteiger partial charge in [0.05, 0.1) is 23.8 Å². The molecule has 0 aromatic heterocycles. The smallest absolute Gasteiger partial charge is 0.338 e. The van der Waals surface area contributed by atoms with Gasteiger partial charge in [-0.3, -0.25) is 4.79 Å². The van der Waals surface area contributed by atoms with Gasteiger partial charge in [0.25, 0.3) is 0 Å². The van der Waals surface area contributed by atoms with Crippen LogP contribution in [0.2, 0.25) is 0 Å². The number of carbonyl (C=O) groups excluding carboxylic acids is 3. The predicted molar refractivity (Wildman–Crippen MR) is 163 cm³/mol. The second-order valence-electron chi connectivity index (χ2n) is 10.7. The lowest BCUT2D eigenvalue weighted by Crippen LogP contribution is -2.57. The standard InChI is InChI=1S/C34H30O14/c1-45-23-14-22(38)25(27(39)16-2-8-19(35)9-3-16)29(41)26(23)31-32(48-34(44)18-6-12-21(37)13-7-18)30(42)28(40)24(47-31)15-46-33(43)17-4-10-20(36)11-5-17/h2-14,24,28,30-32,35-38,40-42H,15H2,1H3/t24-,28-,30+,31+,32-/m1/s1. The number of benzene rings is 4. The molecule has 4 aromatic carbocycles. The molecule has 14 nitrogen and oxygen atoms in total. The third-order valence-electron chi connectivity index (χ3n) is 7.66. The number of aliphatic hydroxyl groups is 2.